The fourth-order valence-corrected chi connectivity index (χ4v) is 4.26. The minimum absolute atomic E-state index is 0.184. The zero-order chi connectivity index (χ0) is 26.4. The molecule has 6 nitrogen and oxygen atoms in total. The van der Waals surface area contributed by atoms with Crippen LogP contribution >= 0.6 is 0 Å². The monoisotopic (exact) mass is 499 g/mol. The average molecular weight is 500 g/mol. The van der Waals surface area contributed by atoms with Crippen molar-refractivity contribution in [1.82, 2.24) is 14.7 Å². The summed E-state index contributed by atoms with van der Waals surface area (Å²) in [6.45, 7) is 9.57. The van der Waals surface area contributed by atoms with Crippen LogP contribution in [0.1, 0.15) is 30.5 Å². The van der Waals surface area contributed by atoms with Gasteiger partial charge in [0, 0.05) is 31.7 Å². The molecule has 1 aromatic heterocycles. The van der Waals surface area contributed by atoms with Crippen molar-refractivity contribution in [3.63, 3.8) is 0 Å². The molecular formula is C31H37N3O3. The van der Waals surface area contributed by atoms with Gasteiger partial charge in [0.1, 0.15) is 29.9 Å². The normalized spacial score (nSPS) is 12.2. The summed E-state index contributed by atoms with van der Waals surface area (Å²) < 4.78 is 14.1. The van der Waals surface area contributed by atoms with Crippen molar-refractivity contribution in [2.75, 3.05) is 13.2 Å². The molecule has 0 fully saturated rings. The first-order chi connectivity index (χ1) is 17.8. The van der Waals surface area contributed by atoms with Crippen molar-refractivity contribution in [2.24, 2.45) is 7.05 Å². The average Bonchev–Trinajstić information content (AvgIpc) is 3.19. The summed E-state index contributed by atoms with van der Waals surface area (Å²) in [5.41, 5.74) is 5.11. The first kappa shape index (κ1) is 26.5. The largest absolute Gasteiger partial charge is 0.491 e. The molecule has 4 rings (SSSR count). The van der Waals surface area contributed by atoms with Crippen LogP contribution in [-0.4, -0.2) is 45.1 Å². The molecule has 37 heavy (non-hydrogen) atoms. The molecule has 1 N–H and O–H groups in total. The van der Waals surface area contributed by atoms with E-state index in [9.17, 15) is 5.11 Å². The quantitative estimate of drug-likeness (QED) is 0.268. The summed E-state index contributed by atoms with van der Waals surface area (Å²) in [6.07, 6.45) is -0.652. The third-order valence-corrected chi connectivity index (χ3v) is 6.43. The van der Waals surface area contributed by atoms with Crippen LogP contribution in [0.3, 0.4) is 0 Å². The van der Waals surface area contributed by atoms with Gasteiger partial charge in [-0.1, -0.05) is 66.2 Å². The van der Waals surface area contributed by atoms with Gasteiger partial charge < -0.3 is 14.6 Å². The molecule has 1 heterocycles. The first-order valence-corrected chi connectivity index (χ1v) is 12.8. The molecule has 6 heteroatoms. The van der Waals surface area contributed by atoms with Gasteiger partial charge in [-0.25, -0.2) is 4.68 Å². The maximum Gasteiger partial charge on any atom is 0.222 e. The minimum atomic E-state index is -0.652. The molecule has 0 amide bonds. The summed E-state index contributed by atoms with van der Waals surface area (Å²) in [5.74, 6) is 2.25. The molecule has 1 atom stereocenters. The number of ether oxygens (including phenoxy) is 2. The van der Waals surface area contributed by atoms with E-state index in [1.807, 2.05) is 80.7 Å². The van der Waals surface area contributed by atoms with Gasteiger partial charge in [0.2, 0.25) is 5.88 Å². The van der Waals surface area contributed by atoms with Crippen molar-refractivity contribution in [3.8, 4) is 28.6 Å². The number of aryl methyl sites for hydroxylation is 3. The Morgan fingerprint density at radius 3 is 2.27 bits per heavy atom. The molecule has 194 valence electrons. The first-order valence-electron chi connectivity index (χ1n) is 12.8. The summed E-state index contributed by atoms with van der Waals surface area (Å²) in [4.78, 5) is 2.23. The van der Waals surface area contributed by atoms with Crippen molar-refractivity contribution >= 4 is 0 Å². The zero-order valence-electron chi connectivity index (χ0n) is 22.4. The van der Waals surface area contributed by atoms with Crippen LogP contribution in [0.4, 0.5) is 0 Å². The van der Waals surface area contributed by atoms with Crippen molar-refractivity contribution in [2.45, 2.75) is 46.4 Å². The molecule has 0 radical (unpaired) electrons. The third-order valence-electron chi connectivity index (χ3n) is 6.43. The maximum absolute atomic E-state index is 10.9. The van der Waals surface area contributed by atoms with E-state index in [-0.39, 0.29) is 12.6 Å². The van der Waals surface area contributed by atoms with Crippen LogP contribution in [0.2, 0.25) is 0 Å². The van der Waals surface area contributed by atoms with Gasteiger partial charge in [-0.05, 0) is 51.5 Å². The van der Waals surface area contributed by atoms with Gasteiger partial charge in [-0.15, -0.1) is 0 Å². The third kappa shape index (κ3) is 6.79. The van der Waals surface area contributed by atoms with Crippen LogP contribution < -0.4 is 9.47 Å². The topological polar surface area (TPSA) is 59.8 Å². The lowest BCUT2D eigenvalue weighted by molar-refractivity contribution is 0.0539. The molecule has 3 aromatic carbocycles. The number of benzene rings is 3. The van der Waals surface area contributed by atoms with E-state index >= 15 is 0 Å². The Balaban J connectivity index is 1.59. The van der Waals surface area contributed by atoms with E-state index in [2.05, 4.69) is 37.8 Å². The standard InChI is InChI=1S/C31H37N3O3/c1-22(2)34(19-26(35)21-36-29-14-10-9-11-24(29)4)20-28-30(25-12-7-6-8-13-25)32-33(5)31(28)37-27-17-15-23(3)16-18-27/h6-18,22,26,35H,19-21H2,1-5H3/t26-/m0/s1. The van der Waals surface area contributed by atoms with Gasteiger partial charge in [0.05, 0.1) is 5.56 Å². The van der Waals surface area contributed by atoms with E-state index < -0.39 is 6.10 Å². The molecule has 0 aliphatic heterocycles. The summed E-state index contributed by atoms with van der Waals surface area (Å²) in [7, 11) is 1.91. The molecule has 0 saturated carbocycles. The van der Waals surface area contributed by atoms with Gasteiger partial charge in [0.15, 0.2) is 0 Å². The lowest BCUT2D eigenvalue weighted by Crippen LogP contribution is -2.39. The second-order valence-corrected chi connectivity index (χ2v) is 9.79. The molecular weight excluding hydrogens is 462 g/mol. The van der Waals surface area contributed by atoms with Crippen LogP contribution in [0.25, 0.3) is 11.3 Å². The second-order valence-electron chi connectivity index (χ2n) is 9.79. The highest BCUT2D eigenvalue weighted by molar-refractivity contribution is 5.65. The Labute approximate surface area is 220 Å². The van der Waals surface area contributed by atoms with Crippen LogP contribution in [-0.2, 0) is 13.6 Å². The molecule has 4 aromatic rings. The van der Waals surface area contributed by atoms with E-state index in [1.165, 1.54) is 5.56 Å². The molecule has 0 aliphatic rings. The van der Waals surface area contributed by atoms with Crippen LogP contribution in [0, 0.1) is 13.8 Å². The van der Waals surface area contributed by atoms with Crippen LogP contribution in [0.15, 0.2) is 78.9 Å². The Bertz CT molecular complexity index is 1280. The number of hydrogen-bond acceptors (Lipinski definition) is 5. The van der Waals surface area contributed by atoms with Crippen molar-refractivity contribution < 1.29 is 14.6 Å². The smallest absolute Gasteiger partial charge is 0.222 e. The minimum Gasteiger partial charge on any atom is -0.491 e. The fourth-order valence-electron chi connectivity index (χ4n) is 4.26. The van der Waals surface area contributed by atoms with E-state index in [0.717, 1.165) is 33.9 Å². The SMILES string of the molecule is Cc1ccc(Oc2c(CN(C[C@H](O)COc3ccccc3C)C(C)C)c(-c3ccccc3)nn2C)cc1. The molecule has 0 bridgehead atoms. The van der Waals surface area contributed by atoms with Gasteiger partial charge in [-0.3, -0.25) is 4.90 Å². The fraction of sp³-hybridized carbons (Fsp3) is 0.323. The molecule has 0 aliphatic carbocycles. The Morgan fingerprint density at radius 2 is 1.59 bits per heavy atom. The Hall–Kier alpha value is -3.61. The highest BCUT2D eigenvalue weighted by Gasteiger charge is 2.25. The predicted molar refractivity (Wildman–Crippen MR) is 148 cm³/mol. The number of aliphatic hydroxyl groups is 1. The molecule has 0 spiro atoms. The van der Waals surface area contributed by atoms with E-state index in [1.54, 1.807) is 4.68 Å². The predicted octanol–water partition coefficient (Wildman–Crippen LogP) is 6.15. The van der Waals surface area contributed by atoms with E-state index in [4.69, 9.17) is 14.6 Å². The highest BCUT2D eigenvalue weighted by atomic mass is 16.5. The summed E-state index contributed by atoms with van der Waals surface area (Å²) in [6, 6.07) is 26.2. The van der Waals surface area contributed by atoms with Gasteiger partial charge in [-0.2, -0.15) is 5.10 Å². The van der Waals surface area contributed by atoms with Gasteiger partial charge in [0.25, 0.3) is 0 Å². The Kier molecular flexibility index (Phi) is 8.64. The van der Waals surface area contributed by atoms with Crippen molar-refractivity contribution in [1.29, 1.82) is 0 Å². The number of aromatic nitrogens is 2. The zero-order valence-corrected chi connectivity index (χ0v) is 22.4. The number of rotatable bonds is 11. The summed E-state index contributed by atoms with van der Waals surface area (Å²) >= 11 is 0. The number of para-hydroxylation sites is 1. The number of nitrogens with zero attached hydrogens (tertiary/aromatic N) is 3. The highest BCUT2D eigenvalue weighted by Crippen LogP contribution is 2.34. The number of aliphatic hydroxyl groups excluding tert-OH is 1. The Morgan fingerprint density at radius 1 is 0.919 bits per heavy atom. The molecule has 0 saturated heterocycles. The van der Waals surface area contributed by atoms with Crippen LogP contribution in [0.5, 0.6) is 17.4 Å². The van der Waals surface area contributed by atoms with Gasteiger partial charge >= 0.3 is 0 Å². The number of hydrogen-bond donors (Lipinski definition) is 1. The lowest BCUT2D eigenvalue weighted by atomic mass is 10.1. The van der Waals surface area contributed by atoms with E-state index in [0.29, 0.717) is 19.0 Å². The molecule has 0 unspecified atom stereocenters. The van der Waals surface area contributed by atoms with Crippen molar-refractivity contribution in [3.05, 3.63) is 95.6 Å². The summed E-state index contributed by atoms with van der Waals surface area (Å²) in [5, 5.41) is 15.8. The lowest BCUT2D eigenvalue weighted by Gasteiger charge is -2.29. The maximum atomic E-state index is 10.9. The second kappa shape index (κ2) is 12.1.